The third-order valence-corrected chi connectivity index (χ3v) is 3.60. The number of ether oxygens (including phenoxy) is 1. The summed E-state index contributed by atoms with van der Waals surface area (Å²) in [5, 5.41) is 19.8. The Labute approximate surface area is 167 Å². The van der Waals surface area contributed by atoms with Gasteiger partial charge in [0.2, 0.25) is 5.91 Å². The first kappa shape index (κ1) is 23.0. The van der Waals surface area contributed by atoms with Crippen molar-refractivity contribution >= 4 is 35.1 Å². The fraction of sp³-hybridized carbons (Fsp3) is 0.250. The van der Waals surface area contributed by atoms with Gasteiger partial charge in [-0.25, -0.2) is 0 Å². The van der Waals surface area contributed by atoms with Gasteiger partial charge in [-0.1, -0.05) is 41.9 Å². The molecule has 0 bridgehead atoms. The van der Waals surface area contributed by atoms with E-state index < -0.39 is 11.9 Å². The molecule has 2 aromatic carbocycles. The summed E-state index contributed by atoms with van der Waals surface area (Å²) in [5.74, 6) is -1.26. The number of hydrogen-bond donors (Lipinski definition) is 3. The Morgan fingerprint density at radius 3 is 2.07 bits per heavy atom. The van der Waals surface area contributed by atoms with Crippen LogP contribution in [0.2, 0.25) is 5.02 Å². The van der Waals surface area contributed by atoms with Gasteiger partial charge in [-0.2, -0.15) is 0 Å². The van der Waals surface area contributed by atoms with Crippen LogP contribution in [0.3, 0.4) is 0 Å². The Morgan fingerprint density at radius 1 is 0.857 bits per heavy atom. The monoisotopic (exact) mass is 407 g/mol. The molecule has 0 radical (unpaired) electrons. The molecular formula is C20H22ClNO6. The van der Waals surface area contributed by atoms with Gasteiger partial charge in [0.05, 0.1) is 23.7 Å². The zero-order valence-corrected chi connectivity index (χ0v) is 15.9. The second-order valence-electron chi connectivity index (χ2n) is 5.58. The number of aliphatic carboxylic acids is 2. The van der Waals surface area contributed by atoms with Crippen molar-refractivity contribution in [3.05, 3.63) is 59.6 Å². The molecule has 150 valence electrons. The summed E-state index contributed by atoms with van der Waals surface area (Å²) in [6.07, 6.45) is 0.536. The first-order chi connectivity index (χ1) is 13.4. The lowest BCUT2D eigenvalue weighted by molar-refractivity contribution is -0.138. The van der Waals surface area contributed by atoms with Crippen LogP contribution in [0.25, 0.3) is 0 Å². The third-order valence-electron chi connectivity index (χ3n) is 3.27. The van der Waals surface area contributed by atoms with Crippen LogP contribution in [0.5, 0.6) is 5.75 Å². The van der Waals surface area contributed by atoms with Crippen LogP contribution in [0.1, 0.15) is 25.7 Å². The number of halogens is 1. The summed E-state index contributed by atoms with van der Waals surface area (Å²) in [7, 11) is 0. The average molecular weight is 408 g/mol. The zero-order chi connectivity index (χ0) is 20.8. The maximum Gasteiger partial charge on any atom is 0.306 e. The van der Waals surface area contributed by atoms with Gasteiger partial charge < -0.3 is 20.3 Å². The van der Waals surface area contributed by atoms with Crippen LogP contribution in [0, 0.1) is 0 Å². The van der Waals surface area contributed by atoms with E-state index in [4.69, 9.17) is 26.6 Å². The molecule has 0 spiro atoms. The van der Waals surface area contributed by atoms with Crippen LogP contribution in [-0.2, 0) is 14.4 Å². The summed E-state index contributed by atoms with van der Waals surface area (Å²) in [5.41, 5.74) is 0.546. The van der Waals surface area contributed by atoms with E-state index in [1.54, 1.807) is 36.4 Å². The van der Waals surface area contributed by atoms with E-state index in [1.807, 2.05) is 18.2 Å². The SMILES string of the molecule is O=C(O)CCCC(=O)Nc1ccccc1Cl.O=C(O)CCOc1ccccc1. The van der Waals surface area contributed by atoms with E-state index in [0.29, 0.717) is 22.9 Å². The molecular weight excluding hydrogens is 386 g/mol. The Morgan fingerprint density at radius 2 is 1.46 bits per heavy atom. The van der Waals surface area contributed by atoms with E-state index in [9.17, 15) is 14.4 Å². The molecule has 28 heavy (non-hydrogen) atoms. The minimum atomic E-state index is -0.898. The van der Waals surface area contributed by atoms with Crippen molar-refractivity contribution in [2.75, 3.05) is 11.9 Å². The second-order valence-corrected chi connectivity index (χ2v) is 5.99. The highest BCUT2D eigenvalue weighted by Crippen LogP contribution is 2.20. The van der Waals surface area contributed by atoms with Crippen LogP contribution in [0.15, 0.2) is 54.6 Å². The highest BCUT2D eigenvalue weighted by molar-refractivity contribution is 6.33. The molecule has 0 saturated carbocycles. The van der Waals surface area contributed by atoms with Crippen LogP contribution < -0.4 is 10.1 Å². The molecule has 0 aliphatic heterocycles. The maximum absolute atomic E-state index is 11.4. The molecule has 2 rings (SSSR count). The molecule has 0 unspecified atom stereocenters. The van der Waals surface area contributed by atoms with Crippen molar-refractivity contribution < 1.29 is 29.3 Å². The number of carbonyl (C=O) groups is 3. The standard InChI is InChI=1S/C11H12ClNO3.C9H10O3/c12-8-4-1-2-5-9(8)13-10(14)6-3-7-11(15)16;10-9(11)6-7-12-8-4-2-1-3-5-8/h1-2,4-5H,3,6-7H2,(H,13,14)(H,15,16);1-5H,6-7H2,(H,10,11). The van der Waals surface area contributed by atoms with Crippen molar-refractivity contribution in [2.45, 2.75) is 25.7 Å². The van der Waals surface area contributed by atoms with E-state index in [2.05, 4.69) is 5.32 Å². The topological polar surface area (TPSA) is 113 Å². The summed E-state index contributed by atoms with van der Waals surface area (Å²) < 4.78 is 5.14. The number of hydrogen-bond acceptors (Lipinski definition) is 4. The molecule has 0 heterocycles. The quantitative estimate of drug-likeness (QED) is 0.577. The number of anilines is 1. The molecule has 7 nitrogen and oxygen atoms in total. The Bertz CT molecular complexity index is 766. The molecule has 0 fully saturated rings. The van der Waals surface area contributed by atoms with Gasteiger partial charge in [0.25, 0.3) is 0 Å². The fourth-order valence-electron chi connectivity index (χ4n) is 1.95. The largest absolute Gasteiger partial charge is 0.493 e. The zero-order valence-electron chi connectivity index (χ0n) is 15.1. The van der Waals surface area contributed by atoms with Crippen molar-refractivity contribution in [3.8, 4) is 5.75 Å². The highest BCUT2D eigenvalue weighted by Gasteiger charge is 2.06. The molecule has 0 aliphatic carbocycles. The summed E-state index contributed by atoms with van der Waals surface area (Å²) in [6, 6.07) is 16.0. The Hall–Kier alpha value is -3.06. The highest BCUT2D eigenvalue weighted by atomic mass is 35.5. The van der Waals surface area contributed by atoms with Gasteiger partial charge in [0.1, 0.15) is 5.75 Å². The molecule has 0 atom stereocenters. The number of benzene rings is 2. The van der Waals surface area contributed by atoms with Gasteiger partial charge in [0, 0.05) is 12.8 Å². The maximum atomic E-state index is 11.4. The normalized spacial score (nSPS) is 9.61. The van der Waals surface area contributed by atoms with Gasteiger partial charge >= 0.3 is 11.9 Å². The van der Waals surface area contributed by atoms with Crippen LogP contribution in [0.4, 0.5) is 5.69 Å². The summed E-state index contributed by atoms with van der Waals surface area (Å²) >= 11 is 5.84. The summed E-state index contributed by atoms with van der Waals surface area (Å²) in [6.45, 7) is 0.222. The number of carbonyl (C=O) groups excluding carboxylic acids is 1. The number of carboxylic acid groups (broad SMARTS) is 2. The molecule has 2 aromatic rings. The number of rotatable bonds is 9. The predicted molar refractivity (Wildman–Crippen MR) is 106 cm³/mol. The van der Waals surface area contributed by atoms with Crippen molar-refractivity contribution in [2.24, 2.45) is 0 Å². The van der Waals surface area contributed by atoms with E-state index >= 15 is 0 Å². The van der Waals surface area contributed by atoms with Gasteiger partial charge in [0.15, 0.2) is 0 Å². The fourth-order valence-corrected chi connectivity index (χ4v) is 2.13. The smallest absolute Gasteiger partial charge is 0.306 e. The van der Waals surface area contributed by atoms with Crippen molar-refractivity contribution in [1.82, 2.24) is 0 Å². The molecule has 0 aromatic heterocycles. The Balaban J connectivity index is 0.000000292. The van der Waals surface area contributed by atoms with E-state index in [1.165, 1.54) is 0 Å². The average Bonchev–Trinajstić information content (AvgIpc) is 2.64. The van der Waals surface area contributed by atoms with Gasteiger partial charge in [-0.15, -0.1) is 0 Å². The lowest BCUT2D eigenvalue weighted by atomic mass is 10.2. The number of nitrogens with one attached hydrogen (secondary N) is 1. The number of amides is 1. The summed E-state index contributed by atoms with van der Waals surface area (Å²) in [4.78, 5) is 31.7. The molecule has 0 saturated heterocycles. The molecule has 3 N–H and O–H groups in total. The molecule has 0 aliphatic rings. The van der Waals surface area contributed by atoms with Gasteiger partial charge in [-0.05, 0) is 30.7 Å². The lowest BCUT2D eigenvalue weighted by Gasteiger charge is -2.05. The minimum Gasteiger partial charge on any atom is -0.493 e. The predicted octanol–water partition coefficient (Wildman–Crippen LogP) is 4.07. The van der Waals surface area contributed by atoms with Crippen LogP contribution in [-0.4, -0.2) is 34.7 Å². The van der Waals surface area contributed by atoms with Gasteiger partial charge in [-0.3, -0.25) is 14.4 Å². The third kappa shape index (κ3) is 10.8. The van der Waals surface area contributed by atoms with E-state index in [0.717, 1.165) is 0 Å². The van der Waals surface area contributed by atoms with Crippen molar-refractivity contribution in [1.29, 1.82) is 0 Å². The molecule has 8 heteroatoms. The first-order valence-corrected chi connectivity index (χ1v) is 8.92. The first-order valence-electron chi connectivity index (χ1n) is 8.54. The second kappa shape index (κ2) is 13.2. The molecule has 1 amide bonds. The minimum absolute atomic E-state index is 0.00403. The number of carboxylic acids is 2. The Kier molecular flexibility index (Phi) is 10.8. The number of para-hydroxylation sites is 2. The van der Waals surface area contributed by atoms with Crippen LogP contribution >= 0.6 is 11.6 Å². The van der Waals surface area contributed by atoms with Crippen molar-refractivity contribution in [3.63, 3.8) is 0 Å². The van der Waals surface area contributed by atoms with E-state index in [-0.39, 0.29) is 31.8 Å². The lowest BCUT2D eigenvalue weighted by Crippen LogP contribution is -2.12.